The van der Waals surface area contributed by atoms with Crippen LogP contribution in [0, 0.1) is 5.92 Å². The molecule has 0 bridgehead atoms. The standard InChI is InChI=1S/C11H24O2/c1-4-7-13-9-11(12)8-10(5-2)6-3/h10-12H,4-9H2,1-3H3. The topological polar surface area (TPSA) is 29.5 Å². The van der Waals surface area contributed by atoms with Gasteiger partial charge < -0.3 is 9.84 Å². The Kier molecular flexibility index (Phi) is 8.46. The summed E-state index contributed by atoms with van der Waals surface area (Å²) in [7, 11) is 0. The summed E-state index contributed by atoms with van der Waals surface area (Å²) in [5.74, 6) is 0.653. The van der Waals surface area contributed by atoms with Gasteiger partial charge in [-0.2, -0.15) is 0 Å². The van der Waals surface area contributed by atoms with Gasteiger partial charge in [0.05, 0.1) is 12.7 Å². The maximum Gasteiger partial charge on any atom is 0.0776 e. The minimum absolute atomic E-state index is 0.267. The quantitative estimate of drug-likeness (QED) is 0.593. The Bertz CT molecular complexity index is 100. The van der Waals surface area contributed by atoms with Crippen molar-refractivity contribution < 1.29 is 9.84 Å². The van der Waals surface area contributed by atoms with Crippen molar-refractivity contribution in [3.05, 3.63) is 0 Å². The SMILES string of the molecule is CCCOCC(O)CC(CC)CC. The average Bonchev–Trinajstić information content (AvgIpc) is 2.14. The third-order valence-corrected chi connectivity index (χ3v) is 2.42. The lowest BCUT2D eigenvalue weighted by atomic mass is 9.96. The van der Waals surface area contributed by atoms with E-state index in [1.54, 1.807) is 0 Å². The fourth-order valence-corrected chi connectivity index (χ4v) is 1.44. The van der Waals surface area contributed by atoms with Crippen molar-refractivity contribution in [3.8, 4) is 0 Å². The number of ether oxygens (including phenoxy) is 1. The van der Waals surface area contributed by atoms with Crippen molar-refractivity contribution >= 4 is 0 Å². The molecule has 80 valence electrons. The lowest BCUT2D eigenvalue weighted by Gasteiger charge is -2.17. The second kappa shape index (κ2) is 8.52. The van der Waals surface area contributed by atoms with Crippen LogP contribution < -0.4 is 0 Å². The molecule has 0 heterocycles. The molecule has 1 N–H and O–H groups in total. The Morgan fingerprint density at radius 3 is 2.23 bits per heavy atom. The predicted molar refractivity (Wildman–Crippen MR) is 55.8 cm³/mol. The summed E-state index contributed by atoms with van der Waals surface area (Å²) >= 11 is 0. The van der Waals surface area contributed by atoms with Crippen molar-refractivity contribution in [1.29, 1.82) is 0 Å². The van der Waals surface area contributed by atoms with E-state index in [0.717, 1.165) is 32.3 Å². The first-order chi connectivity index (χ1) is 6.24. The van der Waals surface area contributed by atoms with Crippen LogP contribution in [0.25, 0.3) is 0 Å². The number of aliphatic hydroxyl groups is 1. The molecular formula is C11H24O2. The first-order valence-electron chi connectivity index (χ1n) is 5.50. The van der Waals surface area contributed by atoms with Gasteiger partial charge in [-0.25, -0.2) is 0 Å². The molecule has 0 aliphatic heterocycles. The van der Waals surface area contributed by atoms with Crippen LogP contribution in [-0.4, -0.2) is 24.4 Å². The summed E-state index contributed by atoms with van der Waals surface area (Å²) in [6, 6.07) is 0. The van der Waals surface area contributed by atoms with Crippen molar-refractivity contribution in [2.75, 3.05) is 13.2 Å². The lowest BCUT2D eigenvalue weighted by molar-refractivity contribution is 0.0236. The van der Waals surface area contributed by atoms with Gasteiger partial charge >= 0.3 is 0 Å². The smallest absolute Gasteiger partial charge is 0.0776 e. The van der Waals surface area contributed by atoms with Crippen LogP contribution in [0.15, 0.2) is 0 Å². The van der Waals surface area contributed by atoms with Gasteiger partial charge in [-0.15, -0.1) is 0 Å². The summed E-state index contributed by atoms with van der Waals surface area (Å²) < 4.78 is 5.28. The second-order valence-corrected chi connectivity index (χ2v) is 3.65. The zero-order valence-corrected chi connectivity index (χ0v) is 9.25. The molecule has 0 amide bonds. The van der Waals surface area contributed by atoms with Crippen molar-refractivity contribution in [2.24, 2.45) is 5.92 Å². The average molecular weight is 188 g/mol. The van der Waals surface area contributed by atoms with Crippen LogP contribution in [0.5, 0.6) is 0 Å². The zero-order valence-electron chi connectivity index (χ0n) is 9.25. The number of hydrogen-bond acceptors (Lipinski definition) is 2. The Balaban J connectivity index is 3.42. The summed E-state index contributed by atoms with van der Waals surface area (Å²) in [5, 5.41) is 9.58. The molecule has 0 saturated heterocycles. The minimum Gasteiger partial charge on any atom is -0.391 e. The molecule has 0 rings (SSSR count). The molecule has 0 aromatic rings. The molecule has 13 heavy (non-hydrogen) atoms. The van der Waals surface area contributed by atoms with Gasteiger partial charge in [0.15, 0.2) is 0 Å². The van der Waals surface area contributed by atoms with Crippen LogP contribution in [-0.2, 0) is 4.74 Å². The summed E-state index contributed by atoms with van der Waals surface area (Å²) in [4.78, 5) is 0. The van der Waals surface area contributed by atoms with E-state index >= 15 is 0 Å². The fraction of sp³-hybridized carbons (Fsp3) is 1.00. The molecule has 1 unspecified atom stereocenters. The maximum absolute atomic E-state index is 9.58. The van der Waals surface area contributed by atoms with Crippen LogP contribution in [0.4, 0.5) is 0 Å². The number of rotatable bonds is 8. The van der Waals surface area contributed by atoms with Crippen LogP contribution in [0.3, 0.4) is 0 Å². The number of hydrogen-bond donors (Lipinski definition) is 1. The fourth-order valence-electron chi connectivity index (χ4n) is 1.44. The minimum atomic E-state index is -0.267. The van der Waals surface area contributed by atoms with E-state index in [9.17, 15) is 5.11 Å². The molecule has 0 aromatic carbocycles. The Morgan fingerprint density at radius 2 is 1.77 bits per heavy atom. The molecule has 2 heteroatoms. The Labute approximate surface area is 82.3 Å². The van der Waals surface area contributed by atoms with Gasteiger partial charge in [0.2, 0.25) is 0 Å². The van der Waals surface area contributed by atoms with Gasteiger partial charge in [-0.3, -0.25) is 0 Å². The van der Waals surface area contributed by atoms with Crippen LogP contribution in [0.1, 0.15) is 46.5 Å². The Hall–Kier alpha value is -0.0800. The van der Waals surface area contributed by atoms with Gasteiger partial charge in [0.1, 0.15) is 0 Å². The molecule has 0 radical (unpaired) electrons. The first kappa shape index (κ1) is 12.9. The molecule has 2 nitrogen and oxygen atoms in total. The van der Waals surface area contributed by atoms with E-state index in [0.29, 0.717) is 12.5 Å². The van der Waals surface area contributed by atoms with Crippen LogP contribution >= 0.6 is 0 Å². The molecule has 0 saturated carbocycles. The monoisotopic (exact) mass is 188 g/mol. The summed E-state index contributed by atoms with van der Waals surface area (Å²) in [6.45, 7) is 7.69. The summed E-state index contributed by atoms with van der Waals surface area (Å²) in [5.41, 5.74) is 0. The highest BCUT2D eigenvalue weighted by Gasteiger charge is 2.10. The zero-order chi connectivity index (χ0) is 10.1. The van der Waals surface area contributed by atoms with E-state index in [4.69, 9.17) is 4.74 Å². The molecule has 0 aromatic heterocycles. The highest BCUT2D eigenvalue weighted by atomic mass is 16.5. The third kappa shape index (κ3) is 7.03. The van der Waals surface area contributed by atoms with E-state index in [2.05, 4.69) is 20.8 Å². The predicted octanol–water partition coefficient (Wildman–Crippen LogP) is 2.60. The molecule has 0 aliphatic rings. The van der Waals surface area contributed by atoms with Crippen LogP contribution in [0.2, 0.25) is 0 Å². The largest absolute Gasteiger partial charge is 0.391 e. The van der Waals surface area contributed by atoms with E-state index in [1.807, 2.05) is 0 Å². The van der Waals surface area contributed by atoms with Gasteiger partial charge in [-0.1, -0.05) is 33.6 Å². The highest BCUT2D eigenvalue weighted by Crippen LogP contribution is 2.14. The molecular weight excluding hydrogens is 164 g/mol. The summed E-state index contributed by atoms with van der Waals surface area (Å²) in [6.07, 6.45) is 3.95. The van der Waals surface area contributed by atoms with Crippen molar-refractivity contribution in [1.82, 2.24) is 0 Å². The van der Waals surface area contributed by atoms with Gasteiger partial charge in [-0.05, 0) is 18.8 Å². The van der Waals surface area contributed by atoms with E-state index in [1.165, 1.54) is 0 Å². The first-order valence-corrected chi connectivity index (χ1v) is 5.50. The second-order valence-electron chi connectivity index (χ2n) is 3.65. The van der Waals surface area contributed by atoms with E-state index < -0.39 is 0 Å². The van der Waals surface area contributed by atoms with Crippen molar-refractivity contribution in [3.63, 3.8) is 0 Å². The highest BCUT2D eigenvalue weighted by molar-refractivity contribution is 4.62. The normalized spacial score (nSPS) is 13.6. The van der Waals surface area contributed by atoms with E-state index in [-0.39, 0.29) is 6.10 Å². The van der Waals surface area contributed by atoms with Crippen molar-refractivity contribution in [2.45, 2.75) is 52.6 Å². The molecule has 1 atom stereocenters. The maximum atomic E-state index is 9.58. The van der Waals surface area contributed by atoms with Gasteiger partial charge in [0.25, 0.3) is 0 Å². The third-order valence-electron chi connectivity index (χ3n) is 2.42. The lowest BCUT2D eigenvalue weighted by Crippen LogP contribution is -2.19. The molecule has 0 spiro atoms. The Morgan fingerprint density at radius 1 is 1.15 bits per heavy atom. The number of aliphatic hydroxyl groups excluding tert-OH is 1. The van der Waals surface area contributed by atoms with Gasteiger partial charge in [0, 0.05) is 6.61 Å². The molecule has 0 aliphatic carbocycles. The molecule has 0 fully saturated rings.